The summed E-state index contributed by atoms with van der Waals surface area (Å²) in [6.45, 7) is 0. The first-order valence-corrected chi connectivity index (χ1v) is 6.14. The molecule has 0 fully saturated rings. The standard InChI is InChI=1S/C12H10FN3O2S/c13-8-1-3-9(4-2-8)15-12(18)16-10-5-7(6-19-10)11(14)17/h1-6H,(H2,14,17)(H2,15,16,18). The van der Waals surface area contributed by atoms with E-state index >= 15 is 0 Å². The summed E-state index contributed by atoms with van der Waals surface area (Å²) >= 11 is 1.19. The number of rotatable bonds is 3. The van der Waals surface area contributed by atoms with Crippen LogP contribution >= 0.6 is 11.3 Å². The van der Waals surface area contributed by atoms with Crippen LogP contribution in [0, 0.1) is 5.82 Å². The molecular weight excluding hydrogens is 269 g/mol. The van der Waals surface area contributed by atoms with Crippen LogP contribution in [-0.4, -0.2) is 11.9 Å². The van der Waals surface area contributed by atoms with Crippen LogP contribution in [0.25, 0.3) is 0 Å². The Hall–Kier alpha value is -2.41. The largest absolute Gasteiger partial charge is 0.366 e. The van der Waals surface area contributed by atoms with Crippen LogP contribution in [-0.2, 0) is 0 Å². The lowest BCUT2D eigenvalue weighted by atomic mass is 10.3. The van der Waals surface area contributed by atoms with Gasteiger partial charge in [-0.3, -0.25) is 10.1 Å². The molecule has 0 saturated heterocycles. The molecule has 1 heterocycles. The molecule has 0 aliphatic heterocycles. The van der Waals surface area contributed by atoms with Gasteiger partial charge in [-0.25, -0.2) is 9.18 Å². The highest BCUT2D eigenvalue weighted by molar-refractivity contribution is 7.14. The third-order valence-corrected chi connectivity index (χ3v) is 3.07. The van der Waals surface area contributed by atoms with Crippen LogP contribution < -0.4 is 16.4 Å². The van der Waals surface area contributed by atoms with Gasteiger partial charge >= 0.3 is 6.03 Å². The van der Waals surface area contributed by atoms with E-state index in [0.717, 1.165) is 0 Å². The number of hydrogen-bond acceptors (Lipinski definition) is 3. The second kappa shape index (κ2) is 5.49. The number of primary amides is 1. The molecule has 2 rings (SSSR count). The van der Waals surface area contributed by atoms with Crippen LogP contribution in [0.5, 0.6) is 0 Å². The van der Waals surface area contributed by atoms with Gasteiger partial charge in [-0.1, -0.05) is 0 Å². The minimum absolute atomic E-state index is 0.335. The summed E-state index contributed by atoms with van der Waals surface area (Å²) < 4.78 is 12.7. The number of halogens is 1. The molecule has 3 amide bonds. The summed E-state index contributed by atoms with van der Waals surface area (Å²) in [6.07, 6.45) is 0. The number of thiophene rings is 1. The Morgan fingerprint density at radius 2 is 1.84 bits per heavy atom. The van der Waals surface area contributed by atoms with E-state index in [1.54, 1.807) is 5.38 Å². The molecule has 0 atom stereocenters. The van der Waals surface area contributed by atoms with Crippen molar-refractivity contribution in [2.45, 2.75) is 0 Å². The lowest BCUT2D eigenvalue weighted by Gasteiger charge is -2.05. The minimum Gasteiger partial charge on any atom is -0.366 e. The number of nitrogens with one attached hydrogen (secondary N) is 2. The van der Waals surface area contributed by atoms with Crippen LogP contribution in [0.4, 0.5) is 19.9 Å². The first-order valence-electron chi connectivity index (χ1n) is 5.26. The van der Waals surface area contributed by atoms with Gasteiger partial charge in [-0.15, -0.1) is 11.3 Å². The second-order valence-corrected chi connectivity index (χ2v) is 4.56. The number of hydrogen-bond donors (Lipinski definition) is 3. The lowest BCUT2D eigenvalue weighted by molar-refractivity contribution is 0.100. The Morgan fingerprint density at radius 1 is 1.16 bits per heavy atom. The first-order chi connectivity index (χ1) is 9.04. The van der Waals surface area contributed by atoms with Crippen molar-refractivity contribution in [3.8, 4) is 0 Å². The molecule has 1 aromatic heterocycles. The highest BCUT2D eigenvalue weighted by Crippen LogP contribution is 2.20. The smallest absolute Gasteiger partial charge is 0.324 e. The highest BCUT2D eigenvalue weighted by Gasteiger charge is 2.08. The Kier molecular flexibility index (Phi) is 3.76. The zero-order valence-electron chi connectivity index (χ0n) is 9.64. The maximum atomic E-state index is 12.7. The fourth-order valence-corrected chi connectivity index (χ4v) is 2.12. The van der Waals surface area contributed by atoms with E-state index in [-0.39, 0.29) is 5.82 Å². The van der Waals surface area contributed by atoms with Crippen molar-refractivity contribution >= 4 is 34.0 Å². The molecule has 2 aromatic rings. The maximum Gasteiger partial charge on any atom is 0.324 e. The molecule has 0 aliphatic carbocycles. The van der Waals surface area contributed by atoms with Crippen LogP contribution in [0.15, 0.2) is 35.7 Å². The number of nitrogens with two attached hydrogens (primary N) is 1. The molecule has 0 radical (unpaired) electrons. The predicted molar refractivity (Wildman–Crippen MR) is 71.9 cm³/mol. The molecule has 0 spiro atoms. The van der Waals surface area contributed by atoms with Gasteiger partial charge in [0.25, 0.3) is 0 Å². The summed E-state index contributed by atoms with van der Waals surface area (Å²) in [6, 6.07) is 6.37. The summed E-state index contributed by atoms with van der Waals surface area (Å²) in [5.74, 6) is -0.932. The van der Waals surface area contributed by atoms with Crippen LogP contribution in [0.1, 0.15) is 10.4 Å². The summed E-state index contributed by atoms with van der Waals surface area (Å²) in [5, 5.41) is 7.12. The summed E-state index contributed by atoms with van der Waals surface area (Å²) in [7, 11) is 0. The van der Waals surface area contributed by atoms with Crippen molar-refractivity contribution in [1.29, 1.82) is 0 Å². The number of anilines is 2. The fourth-order valence-electron chi connectivity index (χ4n) is 1.34. The number of amides is 3. The van der Waals surface area contributed by atoms with E-state index < -0.39 is 11.9 Å². The third kappa shape index (κ3) is 3.52. The molecule has 7 heteroatoms. The Bertz CT molecular complexity index is 610. The van der Waals surface area contributed by atoms with Gasteiger partial charge in [0.2, 0.25) is 5.91 Å². The second-order valence-electron chi connectivity index (χ2n) is 3.65. The zero-order valence-corrected chi connectivity index (χ0v) is 10.5. The predicted octanol–water partition coefficient (Wildman–Crippen LogP) is 2.63. The zero-order chi connectivity index (χ0) is 13.8. The average molecular weight is 279 g/mol. The molecule has 0 unspecified atom stereocenters. The Balaban J connectivity index is 1.97. The van der Waals surface area contributed by atoms with Gasteiger partial charge in [0.05, 0.1) is 10.6 Å². The van der Waals surface area contributed by atoms with Crippen molar-refractivity contribution in [1.82, 2.24) is 0 Å². The van der Waals surface area contributed by atoms with Gasteiger partial charge in [-0.05, 0) is 30.3 Å². The molecule has 0 saturated carbocycles. The number of benzene rings is 1. The topological polar surface area (TPSA) is 84.2 Å². The van der Waals surface area contributed by atoms with Crippen molar-refractivity contribution < 1.29 is 14.0 Å². The number of urea groups is 1. The van der Waals surface area contributed by atoms with Crippen LogP contribution in [0.2, 0.25) is 0 Å². The minimum atomic E-state index is -0.553. The fraction of sp³-hybridized carbons (Fsp3) is 0. The van der Waals surface area contributed by atoms with Gasteiger partial charge in [0, 0.05) is 11.1 Å². The molecular formula is C12H10FN3O2S. The SMILES string of the molecule is NC(=O)c1csc(NC(=O)Nc2ccc(F)cc2)c1. The van der Waals surface area contributed by atoms with E-state index in [4.69, 9.17) is 5.73 Å². The normalized spacial score (nSPS) is 9.95. The average Bonchev–Trinajstić information content (AvgIpc) is 2.80. The molecule has 5 nitrogen and oxygen atoms in total. The number of carbonyl (C=O) groups is 2. The molecule has 98 valence electrons. The Morgan fingerprint density at radius 3 is 2.42 bits per heavy atom. The van der Waals surface area contributed by atoms with Crippen molar-refractivity contribution in [3.63, 3.8) is 0 Å². The lowest BCUT2D eigenvalue weighted by Crippen LogP contribution is -2.18. The molecule has 0 aliphatic rings. The van der Waals surface area contributed by atoms with Gasteiger partial charge in [0.15, 0.2) is 0 Å². The van der Waals surface area contributed by atoms with Gasteiger partial charge in [0.1, 0.15) is 5.82 Å². The first kappa shape index (κ1) is 13.0. The molecule has 1 aromatic carbocycles. The van der Waals surface area contributed by atoms with E-state index in [1.165, 1.54) is 41.7 Å². The van der Waals surface area contributed by atoms with Gasteiger partial charge < -0.3 is 11.1 Å². The van der Waals surface area contributed by atoms with Crippen molar-refractivity contribution in [2.75, 3.05) is 10.6 Å². The molecule has 19 heavy (non-hydrogen) atoms. The number of carbonyl (C=O) groups excluding carboxylic acids is 2. The Labute approximate surface area is 112 Å². The van der Waals surface area contributed by atoms with Crippen LogP contribution in [0.3, 0.4) is 0 Å². The maximum absolute atomic E-state index is 12.7. The van der Waals surface area contributed by atoms with Crippen molar-refractivity contribution in [3.05, 3.63) is 47.1 Å². The van der Waals surface area contributed by atoms with E-state index in [1.807, 2.05) is 0 Å². The van der Waals surface area contributed by atoms with E-state index in [2.05, 4.69) is 10.6 Å². The quantitative estimate of drug-likeness (QED) is 0.807. The monoisotopic (exact) mass is 279 g/mol. The third-order valence-electron chi connectivity index (χ3n) is 2.22. The molecule has 4 N–H and O–H groups in total. The van der Waals surface area contributed by atoms with E-state index in [9.17, 15) is 14.0 Å². The summed E-state index contributed by atoms with van der Waals surface area (Å²) in [4.78, 5) is 22.5. The van der Waals surface area contributed by atoms with Crippen molar-refractivity contribution in [2.24, 2.45) is 5.73 Å². The van der Waals surface area contributed by atoms with E-state index in [0.29, 0.717) is 16.3 Å². The summed E-state index contributed by atoms with van der Waals surface area (Å²) in [5.41, 5.74) is 5.90. The molecule has 0 bridgehead atoms. The highest BCUT2D eigenvalue weighted by atomic mass is 32.1. The van der Waals surface area contributed by atoms with Gasteiger partial charge in [-0.2, -0.15) is 0 Å².